The van der Waals surface area contributed by atoms with Crippen LogP contribution in [-0.2, 0) is 13.1 Å². The Kier molecular flexibility index (Phi) is 3.30. The van der Waals surface area contributed by atoms with Crippen LogP contribution in [0.5, 0.6) is 0 Å². The van der Waals surface area contributed by atoms with Gasteiger partial charge in [0, 0.05) is 13.1 Å². The van der Waals surface area contributed by atoms with Gasteiger partial charge >= 0.3 is 5.69 Å². The molecule has 0 bridgehead atoms. The van der Waals surface area contributed by atoms with Crippen LogP contribution < -0.4 is 11.2 Å². The molecule has 0 atom stereocenters. The Hall–Kier alpha value is -1.56. The predicted octanol–water partition coefficient (Wildman–Crippen LogP) is 1.22. The molecule has 2 aromatic rings. The third-order valence-corrected chi connectivity index (χ3v) is 2.99. The molecular formula is C11H15ClN4O2. The number of fused-ring (bicyclic) bond motifs is 1. The number of hydrogen-bond donors (Lipinski definition) is 1. The van der Waals surface area contributed by atoms with Crippen LogP contribution in [0, 0.1) is 5.92 Å². The number of aromatic nitrogens is 4. The number of nitrogens with one attached hydrogen (secondary N) is 1. The Labute approximate surface area is 108 Å². The van der Waals surface area contributed by atoms with Gasteiger partial charge in [0.2, 0.25) is 5.28 Å². The summed E-state index contributed by atoms with van der Waals surface area (Å²) in [5.74, 6) is 0.321. The van der Waals surface area contributed by atoms with Gasteiger partial charge < -0.3 is 4.57 Å². The summed E-state index contributed by atoms with van der Waals surface area (Å²) in [4.78, 5) is 30.0. The van der Waals surface area contributed by atoms with Gasteiger partial charge in [-0.2, -0.15) is 4.98 Å². The number of imidazole rings is 1. The van der Waals surface area contributed by atoms with Crippen LogP contribution in [0.1, 0.15) is 20.8 Å². The molecule has 1 N–H and O–H groups in total. The van der Waals surface area contributed by atoms with Crippen molar-refractivity contribution >= 4 is 22.8 Å². The van der Waals surface area contributed by atoms with E-state index in [9.17, 15) is 9.59 Å². The fraction of sp³-hybridized carbons (Fsp3) is 0.545. The number of nitrogens with zero attached hydrogens (tertiary/aromatic N) is 3. The summed E-state index contributed by atoms with van der Waals surface area (Å²) in [5.41, 5.74) is -0.201. The third kappa shape index (κ3) is 1.96. The second-order valence-corrected chi connectivity index (χ2v) is 4.90. The van der Waals surface area contributed by atoms with Gasteiger partial charge in [-0.15, -0.1) is 0 Å². The second-order valence-electron chi connectivity index (χ2n) is 4.56. The minimum absolute atomic E-state index is 0.233. The smallest absolute Gasteiger partial charge is 0.309 e. The van der Waals surface area contributed by atoms with Gasteiger partial charge in [0.25, 0.3) is 5.56 Å². The molecule has 0 amide bonds. The van der Waals surface area contributed by atoms with E-state index in [1.54, 1.807) is 4.57 Å². The molecule has 2 rings (SSSR count). The molecule has 0 fully saturated rings. The first-order valence-electron chi connectivity index (χ1n) is 5.84. The lowest BCUT2D eigenvalue weighted by molar-refractivity contribution is 0.532. The Bertz CT molecular complexity index is 695. The summed E-state index contributed by atoms with van der Waals surface area (Å²) < 4.78 is 3.05. The normalized spacial score (nSPS) is 11.6. The molecule has 0 aliphatic rings. The Morgan fingerprint density at radius 3 is 2.56 bits per heavy atom. The lowest BCUT2D eigenvalue weighted by atomic mass is 10.2. The van der Waals surface area contributed by atoms with E-state index in [1.165, 1.54) is 4.57 Å². The molecule has 0 aliphatic carbocycles. The van der Waals surface area contributed by atoms with Gasteiger partial charge in [-0.25, -0.2) is 4.79 Å². The van der Waals surface area contributed by atoms with Crippen LogP contribution in [0.3, 0.4) is 0 Å². The van der Waals surface area contributed by atoms with Crippen molar-refractivity contribution in [2.24, 2.45) is 5.92 Å². The molecule has 18 heavy (non-hydrogen) atoms. The van der Waals surface area contributed by atoms with E-state index in [-0.39, 0.29) is 5.28 Å². The number of aromatic amines is 1. The van der Waals surface area contributed by atoms with E-state index in [0.717, 1.165) is 0 Å². The molecule has 2 heterocycles. The summed E-state index contributed by atoms with van der Waals surface area (Å²) >= 11 is 6.05. The van der Waals surface area contributed by atoms with Crippen molar-refractivity contribution in [3.8, 4) is 0 Å². The highest BCUT2D eigenvalue weighted by Crippen LogP contribution is 2.17. The molecular weight excluding hydrogens is 256 g/mol. The van der Waals surface area contributed by atoms with Crippen molar-refractivity contribution in [3.05, 3.63) is 26.1 Å². The Balaban J connectivity index is 2.87. The topological polar surface area (TPSA) is 72.7 Å². The van der Waals surface area contributed by atoms with Gasteiger partial charge in [0.15, 0.2) is 11.2 Å². The van der Waals surface area contributed by atoms with E-state index >= 15 is 0 Å². The standard InChI is InChI=1S/C11H15ClN4O2/c1-4-15-8-7(9(17)14-11(15)18)16(5-6(2)3)10(12)13-8/h6H,4-5H2,1-3H3,(H,14,17,18). The third-order valence-electron chi connectivity index (χ3n) is 2.70. The number of hydrogen-bond acceptors (Lipinski definition) is 3. The second kappa shape index (κ2) is 4.61. The van der Waals surface area contributed by atoms with Crippen LogP contribution >= 0.6 is 11.6 Å². The van der Waals surface area contributed by atoms with Crippen molar-refractivity contribution in [3.63, 3.8) is 0 Å². The maximum Gasteiger partial charge on any atom is 0.330 e. The number of halogens is 1. The molecule has 0 spiro atoms. The average molecular weight is 271 g/mol. The van der Waals surface area contributed by atoms with E-state index in [2.05, 4.69) is 9.97 Å². The van der Waals surface area contributed by atoms with Crippen molar-refractivity contribution in [1.29, 1.82) is 0 Å². The van der Waals surface area contributed by atoms with E-state index < -0.39 is 11.2 Å². The monoisotopic (exact) mass is 270 g/mol. The minimum Gasteiger partial charge on any atom is -0.309 e. The lowest BCUT2D eigenvalue weighted by Gasteiger charge is -2.08. The molecule has 2 aromatic heterocycles. The summed E-state index contributed by atoms with van der Waals surface area (Å²) in [6, 6.07) is 0. The van der Waals surface area contributed by atoms with Crippen molar-refractivity contribution in [1.82, 2.24) is 19.1 Å². The predicted molar refractivity (Wildman–Crippen MR) is 70.1 cm³/mol. The molecule has 0 unspecified atom stereocenters. The summed E-state index contributed by atoms with van der Waals surface area (Å²) in [7, 11) is 0. The highest BCUT2D eigenvalue weighted by atomic mass is 35.5. The zero-order chi connectivity index (χ0) is 13.4. The molecule has 6 nitrogen and oxygen atoms in total. The number of rotatable bonds is 3. The minimum atomic E-state index is -0.458. The zero-order valence-corrected chi connectivity index (χ0v) is 11.3. The summed E-state index contributed by atoms with van der Waals surface area (Å²) in [5, 5.41) is 0.233. The lowest BCUT2D eigenvalue weighted by Crippen LogP contribution is -2.30. The molecule has 0 saturated heterocycles. The van der Waals surface area contributed by atoms with Crippen LogP contribution in [0.4, 0.5) is 0 Å². The maximum atomic E-state index is 11.9. The summed E-state index contributed by atoms with van der Waals surface area (Å²) in [6.45, 7) is 6.87. The molecule has 98 valence electrons. The Morgan fingerprint density at radius 2 is 2.00 bits per heavy atom. The van der Waals surface area contributed by atoms with Gasteiger partial charge in [0.05, 0.1) is 0 Å². The van der Waals surface area contributed by atoms with E-state index in [1.807, 2.05) is 20.8 Å². The number of H-pyrrole nitrogens is 1. The fourth-order valence-electron chi connectivity index (χ4n) is 1.97. The molecule has 0 saturated carbocycles. The van der Waals surface area contributed by atoms with Crippen LogP contribution in [0.25, 0.3) is 11.2 Å². The van der Waals surface area contributed by atoms with Gasteiger partial charge in [-0.1, -0.05) is 13.8 Å². The van der Waals surface area contributed by atoms with Crippen molar-refractivity contribution in [2.75, 3.05) is 0 Å². The van der Waals surface area contributed by atoms with Crippen molar-refractivity contribution in [2.45, 2.75) is 33.9 Å². The van der Waals surface area contributed by atoms with Crippen LogP contribution in [0.2, 0.25) is 5.28 Å². The fourth-order valence-corrected chi connectivity index (χ4v) is 2.20. The first-order chi connectivity index (χ1) is 8.45. The quantitative estimate of drug-likeness (QED) is 0.852. The SMILES string of the molecule is CCn1c(=O)[nH]c(=O)c2c1nc(Cl)n2CC(C)C. The first kappa shape index (κ1) is 12.9. The van der Waals surface area contributed by atoms with Gasteiger partial charge in [-0.05, 0) is 24.4 Å². The maximum absolute atomic E-state index is 11.9. The van der Waals surface area contributed by atoms with Crippen molar-refractivity contribution < 1.29 is 0 Å². The zero-order valence-electron chi connectivity index (χ0n) is 10.5. The molecule has 0 radical (unpaired) electrons. The first-order valence-corrected chi connectivity index (χ1v) is 6.22. The van der Waals surface area contributed by atoms with Crippen LogP contribution in [-0.4, -0.2) is 19.1 Å². The molecule has 0 aromatic carbocycles. The highest BCUT2D eigenvalue weighted by molar-refractivity contribution is 6.29. The van der Waals surface area contributed by atoms with E-state index in [0.29, 0.717) is 30.2 Å². The molecule has 0 aliphatic heterocycles. The van der Waals surface area contributed by atoms with E-state index in [4.69, 9.17) is 11.6 Å². The van der Waals surface area contributed by atoms with Gasteiger partial charge in [0.1, 0.15) is 0 Å². The number of aryl methyl sites for hydroxylation is 1. The van der Waals surface area contributed by atoms with Gasteiger partial charge in [-0.3, -0.25) is 14.3 Å². The molecule has 7 heteroatoms. The van der Waals surface area contributed by atoms with Crippen LogP contribution in [0.15, 0.2) is 9.59 Å². The largest absolute Gasteiger partial charge is 0.330 e. The Morgan fingerprint density at radius 1 is 1.33 bits per heavy atom. The average Bonchev–Trinajstić information content (AvgIpc) is 2.56. The highest BCUT2D eigenvalue weighted by Gasteiger charge is 2.17. The summed E-state index contributed by atoms with van der Waals surface area (Å²) in [6.07, 6.45) is 0.